The topological polar surface area (TPSA) is 3.24 Å². The standard InChI is InChI=1S/C3H8N.Y/c1-4(2)3;/h1H2,2-3H3;/q-1;. The average Bonchev–Trinajstić information content (AvgIpc) is 0.811. The van der Waals surface area contributed by atoms with Gasteiger partial charge >= 0.3 is 0 Å². The molecule has 2 heteroatoms. The Balaban J connectivity index is 0. The zero-order valence-corrected chi connectivity index (χ0v) is 6.57. The van der Waals surface area contributed by atoms with Gasteiger partial charge in [-0.25, -0.2) is 0 Å². The molecule has 0 N–H and O–H groups in total. The summed E-state index contributed by atoms with van der Waals surface area (Å²) in [4.78, 5) is 1.75. The molecule has 0 aromatic heterocycles. The minimum Gasteiger partial charge on any atom is -0.464 e. The number of hydrogen-bond donors (Lipinski definition) is 0. The Kier molecular flexibility index (Phi) is 9.54. The molecular weight excluding hydrogens is 139 g/mol. The molecule has 0 bridgehead atoms. The molecule has 0 aliphatic heterocycles. The van der Waals surface area contributed by atoms with E-state index in [-0.39, 0.29) is 32.7 Å². The number of hydrogen-bond acceptors (Lipinski definition) is 1. The van der Waals surface area contributed by atoms with Crippen LogP contribution in [-0.4, -0.2) is 19.0 Å². The van der Waals surface area contributed by atoms with Gasteiger partial charge in [-0.05, 0) is 14.1 Å². The van der Waals surface area contributed by atoms with Gasteiger partial charge in [0.2, 0.25) is 0 Å². The maximum atomic E-state index is 3.47. The van der Waals surface area contributed by atoms with Crippen molar-refractivity contribution < 1.29 is 32.7 Å². The van der Waals surface area contributed by atoms with Crippen LogP contribution >= 0.6 is 0 Å². The first kappa shape index (κ1) is 9.42. The minimum absolute atomic E-state index is 0. The Hall–Kier alpha value is 1.06. The van der Waals surface area contributed by atoms with E-state index in [1.165, 1.54) is 0 Å². The molecule has 1 radical (unpaired) electrons. The molecule has 0 fully saturated rings. The molecule has 0 rings (SSSR count). The van der Waals surface area contributed by atoms with Crippen LogP contribution in [0.25, 0.3) is 0 Å². The van der Waals surface area contributed by atoms with Crippen molar-refractivity contribution in [3.8, 4) is 0 Å². The van der Waals surface area contributed by atoms with Crippen molar-refractivity contribution in [3.63, 3.8) is 0 Å². The van der Waals surface area contributed by atoms with Crippen LogP contribution < -0.4 is 0 Å². The largest absolute Gasteiger partial charge is 0.464 e. The van der Waals surface area contributed by atoms with Crippen LogP contribution in [0.1, 0.15) is 0 Å². The maximum absolute atomic E-state index is 3.47. The summed E-state index contributed by atoms with van der Waals surface area (Å²) in [5.41, 5.74) is 0. The molecule has 1 nitrogen and oxygen atoms in total. The van der Waals surface area contributed by atoms with Crippen molar-refractivity contribution >= 4 is 0 Å². The van der Waals surface area contributed by atoms with Gasteiger partial charge in [0.15, 0.2) is 0 Å². The molecule has 0 saturated heterocycles. The minimum atomic E-state index is 0. The summed E-state index contributed by atoms with van der Waals surface area (Å²) in [5.74, 6) is 0. The first-order valence-corrected chi connectivity index (χ1v) is 1.21. The van der Waals surface area contributed by atoms with Gasteiger partial charge in [0.05, 0.1) is 0 Å². The molecule has 0 amide bonds. The number of rotatable bonds is 0. The van der Waals surface area contributed by atoms with Gasteiger partial charge in [0, 0.05) is 32.7 Å². The second kappa shape index (κ2) is 5.06. The fourth-order valence-corrected chi connectivity index (χ4v) is 0. The molecule has 0 heterocycles. The van der Waals surface area contributed by atoms with E-state index in [2.05, 4.69) is 7.05 Å². The van der Waals surface area contributed by atoms with Gasteiger partial charge in [0.25, 0.3) is 0 Å². The zero-order chi connectivity index (χ0) is 3.58. The van der Waals surface area contributed by atoms with E-state index in [4.69, 9.17) is 0 Å². The van der Waals surface area contributed by atoms with Crippen LogP contribution in [-0.2, 0) is 32.7 Å². The van der Waals surface area contributed by atoms with Crippen LogP contribution in [0.2, 0.25) is 0 Å². The van der Waals surface area contributed by atoms with Gasteiger partial charge < -0.3 is 4.90 Å². The van der Waals surface area contributed by atoms with E-state index < -0.39 is 0 Å². The molecule has 0 spiro atoms. The van der Waals surface area contributed by atoms with Gasteiger partial charge in [-0.3, -0.25) is 7.05 Å². The van der Waals surface area contributed by atoms with Crippen LogP contribution in [0, 0.1) is 7.05 Å². The molecule has 29 valence electrons. The maximum Gasteiger partial charge on any atom is 0 e. The van der Waals surface area contributed by atoms with Gasteiger partial charge in [-0.2, -0.15) is 0 Å². The van der Waals surface area contributed by atoms with Crippen molar-refractivity contribution in [1.29, 1.82) is 0 Å². The molecule has 5 heavy (non-hydrogen) atoms. The van der Waals surface area contributed by atoms with Crippen molar-refractivity contribution in [2.24, 2.45) is 0 Å². The van der Waals surface area contributed by atoms with Crippen LogP contribution in [0.15, 0.2) is 0 Å². The third-order valence-corrected chi connectivity index (χ3v) is 0. The van der Waals surface area contributed by atoms with Gasteiger partial charge in [-0.15, -0.1) is 0 Å². The van der Waals surface area contributed by atoms with Crippen molar-refractivity contribution in [3.05, 3.63) is 7.05 Å². The Morgan fingerprint density at radius 3 is 1.40 bits per heavy atom. The van der Waals surface area contributed by atoms with Crippen molar-refractivity contribution in [2.45, 2.75) is 0 Å². The Morgan fingerprint density at radius 2 is 1.40 bits per heavy atom. The van der Waals surface area contributed by atoms with Crippen molar-refractivity contribution in [1.82, 2.24) is 4.90 Å². The molecule has 0 unspecified atom stereocenters. The summed E-state index contributed by atoms with van der Waals surface area (Å²) in [6.07, 6.45) is 0. The molecule has 0 saturated carbocycles. The summed E-state index contributed by atoms with van der Waals surface area (Å²) in [6.45, 7) is 0. The Bertz CT molecular complexity index is 11.6. The summed E-state index contributed by atoms with van der Waals surface area (Å²) in [6, 6.07) is 0. The molecule has 0 aromatic carbocycles. The summed E-state index contributed by atoms with van der Waals surface area (Å²) >= 11 is 0. The van der Waals surface area contributed by atoms with E-state index in [1.54, 1.807) is 4.90 Å². The fraction of sp³-hybridized carbons (Fsp3) is 0.667. The molecule has 0 aliphatic carbocycles. The smallest absolute Gasteiger partial charge is 0 e. The van der Waals surface area contributed by atoms with Crippen molar-refractivity contribution in [2.75, 3.05) is 14.1 Å². The summed E-state index contributed by atoms with van der Waals surface area (Å²) in [5, 5.41) is 0. The van der Waals surface area contributed by atoms with Crippen LogP contribution in [0.5, 0.6) is 0 Å². The normalized spacial score (nSPS) is 7.20. The van der Waals surface area contributed by atoms with Crippen LogP contribution in [0.3, 0.4) is 0 Å². The van der Waals surface area contributed by atoms with Gasteiger partial charge in [-0.1, -0.05) is 0 Å². The molecule has 0 aromatic rings. The zero-order valence-electron chi connectivity index (χ0n) is 3.73. The molecule has 0 aliphatic rings. The second-order valence-electron chi connectivity index (χ2n) is 1.08. The quantitative estimate of drug-likeness (QED) is 0.446. The Labute approximate surface area is 58.6 Å². The second-order valence-corrected chi connectivity index (χ2v) is 1.08. The summed E-state index contributed by atoms with van der Waals surface area (Å²) < 4.78 is 0. The van der Waals surface area contributed by atoms with E-state index in [1.807, 2.05) is 14.1 Å². The van der Waals surface area contributed by atoms with Crippen LogP contribution in [0.4, 0.5) is 0 Å². The molecular formula is C3H8NY-. The first-order chi connectivity index (χ1) is 1.73. The monoisotopic (exact) mass is 147 g/mol. The number of nitrogens with zero attached hydrogens (tertiary/aromatic N) is 1. The predicted molar refractivity (Wildman–Crippen MR) is 19.0 cm³/mol. The van der Waals surface area contributed by atoms with E-state index in [0.29, 0.717) is 0 Å². The molecule has 0 atom stereocenters. The van der Waals surface area contributed by atoms with E-state index >= 15 is 0 Å². The third kappa shape index (κ3) is 42.0. The third-order valence-electron chi connectivity index (χ3n) is 0. The SMILES string of the molecule is [CH2-]N(C)C.[Y]. The average molecular weight is 147 g/mol. The summed E-state index contributed by atoms with van der Waals surface area (Å²) in [7, 11) is 7.25. The van der Waals surface area contributed by atoms with E-state index in [0.717, 1.165) is 0 Å². The fourth-order valence-electron chi connectivity index (χ4n) is 0. The van der Waals surface area contributed by atoms with Gasteiger partial charge in [0.1, 0.15) is 0 Å². The predicted octanol–water partition coefficient (Wildman–Crippen LogP) is 0.337. The van der Waals surface area contributed by atoms with E-state index in [9.17, 15) is 0 Å². The Morgan fingerprint density at radius 1 is 1.40 bits per heavy atom. The first-order valence-electron chi connectivity index (χ1n) is 1.21.